The third-order valence-electron chi connectivity index (χ3n) is 9.53. The van der Waals surface area contributed by atoms with Gasteiger partial charge in [0.05, 0.1) is 5.69 Å². The standard InChI is InChI=1S/C35H58N2/c1-7-15-32-31(19-24-36-33(32)16-8-2)30-17-10-11-20-35(21-12-18-30)22-13-25-37(26-14-23-35)28-34(5,6)27-29(4)9-3/h7-8,15-16,19,24,29-30H,9-14,17-18,20-23,25-28H2,1-6H3/b15-7-,16-8-. The molecule has 0 N–H and O–H groups in total. The minimum Gasteiger partial charge on any atom is -0.303 e. The van der Waals surface area contributed by atoms with E-state index in [-0.39, 0.29) is 0 Å². The summed E-state index contributed by atoms with van der Waals surface area (Å²) >= 11 is 0. The number of hydrogen-bond donors (Lipinski definition) is 0. The van der Waals surface area contributed by atoms with Crippen molar-refractivity contribution in [3.63, 3.8) is 0 Å². The molecule has 1 aromatic heterocycles. The molecule has 2 fully saturated rings. The van der Waals surface area contributed by atoms with E-state index in [0.29, 0.717) is 16.7 Å². The van der Waals surface area contributed by atoms with Crippen molar-refractivity contribution >= 4 is 12.2 Å². The molecule has 208 valence electrons. The summed E-state index contributed by atoms with van der Waals surface area (Å²) in [5.41, 5.74) is 5.06. The van der Waals surface area contributed by atoms with E-state index >= 15 is 0 Å². The molecule has 2 atom stereocenters. The van der Waals surface area contributed by atoms with Gasteiger partial charge in [0.15, 0.2) is 0 Å². The minimum absolute atomic E-state index is 0.436. The second-order valence-electron chi connectivity index (χ2n) is 13.4. The molecule has 0 amide bonds. The third kappa shape index (κ3) is 9.09. The molecule has 2 nitrogen and oxygen atoms in total. The second-order valence-corrected chi connectivity index (χ2v) is 13.4. The highest BCUT2D eigenvalue weighted by atomic mass is 15.1. The lowest BCUT2D eigenvalue weighted by molar-refractivity contribution is 0.101. The maximum atomic E-state index is 4.69. The molecule has 2 unspecified atom stereocenters. The van der Waals surface area contributed by atoms with Crippen molar-refractivity contribution in [2.75, 3.05) is 19.6 Å². The van der Waals surface area contributed by atoms with E-state index in [1.807, 2.05) is 6.20 Å². The maximum absolute atomic E-state index is 4.69. The molecule has 0 radical (unpaired) electrons. The number of likely N-dealkylation sites (tertiary alicyclic amines) is 1. The van der Waals surface area contributed by atoms with Crippen molar-refractivity contribution in [1.82, 2.24) is 9.88 Å². The van der Waals surface area contributed by atoms with Crippen LogP contribution in [-0.4, -0.2) is 29.5 Å². The lowest BCUT2D eigenvalue weighted by Crippen LogP contribution is -2.39. The van der Waals surface area contributed by atoms with Crippen molar-refractivity contribution in [1.29, 1.82) is 0 Å². The molecular weight excluding hydrogens is 448 g/mol. The Bertz CT molecular complexity index is 854. The van der Waals surface area contributed by atoms with Crippen LogP contribution >= 0.6 is 0 Å². The average Bonchev–Trinajstić information content (AvgIpc) is 2.94. The van der Waals surface area contributed by atoms with Crippen LogP contribution in [0.1, 0.15) is 148 Å². The zero-order valence-electron chi connectivity index (χ0n) is 25.3. The lowest BCUT2D eigenvalue weighted by atomic mass is 9.71. The Kier molecular flexibility index (Phi) is 11.9. The molecule has 1 aromatic rings. The van der Waals surface area contributed by atoms with Crippen LogP contribution in [-0.2, 0) is 0 Å². The summed E-state index contributed by atoms with van der Waals surface area (Å²) in [6.45, 7) is 17.9. The summed E-state index contributed by atoms with van der Waals surface area (Å²) in [6, 6.07) is 2.31. The van der Waals surface area contributed by atoms with Gasteiger partial charge in [-0.1, -0.05) is 71.6 Å². The summed E-state index contributed by atoms with van der Waals surface area (Å²) in [7, 11) is 0. The number of nitrogens with zero attached hydrogens (tertiary/aromatic N) is 2. The molecule has 0 aromatic carbocycles. The van der Waals surface area contributed by atoms with Crippen molar-refractivity contribution < 1.29 is 0 Å². The van der Waals surface area contributed by atoms with Crippen LogP contribution in [0.25, 0.3) is 12.2 Å². The van der Waals surface area contributed by atoms with E-state index in [1.54, 1.807) is 0 Å². The Balaban J connectivity index is 1.62. The van der Waals surface area contributed by atoms with Gasteiger partial charge in [0.1, 0.15) is 0 Å². The first-order chi connectivity index (χ1) is 17.8. The van der Waals surface area contributed by atoms with Gasteiger partial charge in [-0.2, -0.15) is 0 Å². The molecule has 0 bridgehead atoms. The highest BCUT2D eigenvalue weighted by Crippen LogP contribution is 2.45. The number of allylic oxidation sites excluding steroid dienone is 2. The second kappa shape index (κ2) is 14.7. The van der Waals surface area contributed by atoms with E-state index < -0.39 is 0 Å². The summed E-state index contributed by atoms with van der Waals surface area (Å²) in [6.07, 6.45) is 28.9. The Labute approximate surface area is 230 Å². The largest absolute Gasteiger partial charge is 0.303 e. The van der Waals surface area contributed by atoms with Crippen molar-refractivity contribution in [2.24, 2.45) is 16.7 Å². The fraction of sp³-hybridized carbons (Fsp3) is 0.743. The smallest absolute Gasteiger partial charge is 0.0701 e. The molecule has 1 saturated heterocycles. The van der Waals surface area contributed by atoms with E-state index in [1.165, 1.54) is 114 Å². The summed E-state index contributed by atoms with van der Waals surface area (Å²) < 4.78 is 0. The van der Waals surface area contributed by atoms with E-state index in [4.69, 9.17) is 4.98 Å². The number of pyridine rings is 1. The maximum Gasteiger partial charge on any atom is 0.0701 e. The Morgan fingerprint density at radius 2 is 1.62 bits per heavy atom. The molecule has 1 saturated carbocycles. The lowest BCUT2D eigenvalue weighted by Gasteiger charge is -2.40. The predicted octanol–water partition coefficient (Wildman–Crippen LogP) is 10.3. The van der Waals surface area contributed by atoms with Crippen LogP contribution in [0.4, 0.5) is 0 Å². The Morgan fingerprint density at radius 3 is 2.30 bits per heavy atom. The summed E-state index contributed by atoms with van der Waals surface area (Å²) in [5, 5.41) is 0. The molecule has 1 aliphatic carbocycles. The van der Waals surface area contributed by atoms with Gasteiger partial charge in [-0.05, 0) is 125 Å². The zero-order valence-corrected chi connectivity index (χ0v) is 25.3. The van der Waals surface area contributed by atoms with Gasteiger partial charge in [-0.15, -0.1) is 0 Å². The van der Waals surface area contributed by atoms with Gasteiger partial charge < -0.3 is 4.90 Å². The highest BCUT2D eigenvalue weighted by Gasteiger charge is 2.33. The molecular formula is C35H58N2. The third-order valence-corrected chi connectivity index (χ3v) is 9.53. The minimum atomic E-state index is 0.436. The van der Waals surface area contributed by atoms with Gasteiger partial charge >= 0.3 is 0 Å². The number of hydrogen-bond acceptors (Lipinski definition) is 2. The molecule has 2 heteroatoms. The SMILES string of the molecule is C/C=C\c1nccc(C2CCCCC3(CCC2)CCCN(CC(C)(C)CC(C)CC)CCC3)c1/C=C\C. The first kappa shape index (κ1) is 30.1. The van der Waals surface area contributed by atoms with Crippen LogP contribution < -0.4 is 0 Å². The summed E-state index contributed by atoms with van der Waals surface area (Å²) in [4.78, 5) is 7.51. The average molecular weight is 507 g/mol. The van der Waals surface area contributed by atoms with Crippen LogP contribution in [0.2, 0.25) is 0 Å². The fourth-order valence-electron chi connectivity index (χ4n) is 7.70. The van der Waals surface area contributed by atoms with Crippen LogP contribution in [0, 0.1) is 16.7 Å². The van der Waals surface area contributed by atoms with E-state index in [0.717, 1.165) is 11.6 Å². The molecule has 1 spiro atoms. The van der Waals surface area contributed by atoms with Gasteiger partial charge in [0.2, 0.25) is 0 Å². The zero-order chi connectivity index (χ0) is 26.7. The van der Waals surface area contributed by atoms with E-state index in [2.05, 4.69) is 76.8 Å². The van der Waals surface area contributed by atoms with Gasteiger partial charge in [-0.3, -0.25) is 4.98 Å². The van der Waals surface area contributed by atoms with Gasteiger partial charge in [0.25, 0.3) is 0 Å². The monoisotopic (exact) mass is 506 g/mol. The Morgan fingerprint density at radius 1 is 0.973 bits per heavy atom. The van der Waals surface area contributed by atoms with Crippen LogP contribution in [0.15, 0.2) is 24.4 Å². The normalized spacial score (nSPS) is 23.5. The van der Waals surface area contributed by atoms with Crippen molar-refractivity contribution in [3.8, 4) is 0 Å². The predicted molar refractivity (Wildman–Crippen MR) is 164 cm³/mol. The van der Waals surface area contributed by atoms with Gasteiger partial charge in [0, 0.05) is 18.3 Å². The van der Waals surface area contributed by atoms with Gasteiger partial charge in [-0.25, -0.2) is 0 Å². The molecule has 2 heterocycles. The molecule has 37 heavy (non-hydrogen) atoms. The molecule has 3 rings (SSSR count). The number of aromatic nitrogens is 1. The fourth-order valence-corrected chi connectivity index (χ4v) is 7.70. The first-order valence-electron chi connectivity index (χ1n) is 15.8. The number of rotatable bonds is 8. The van der Waals surface area contributed by atoms with Crippen molar-refractivity contribution in [2.45, 2.75) is 131 Å². The van der Waals surface area contributed by atoms with Crippen LogP contribution in [0.3, 0.4) is 0 Å². The van der Waals surface area contributed by atoms with Crippen molar-refractivity contribution in [3.05, 3.63) is 41.2 Å². The molecule has 2 aliphatic rings. The quantitative estimate of drug-likeness (QED) is 0.348. The highest BCUT2D eigenvalue weighted by molar-refractivity contribution is 5.65. The summed E-state index contributed by atoms with van der Waals surface area (Å²) in [5.74, 6) is 1.51. The topological polar surface area (TPSA) is 16.1 Å². The Hall–Kier alpha value is -1.41. The molecule has 1 aliphatic heterocycles. The first-order valence-corrected chi connectivity index (χ1v) is 15.8. The van der Waals surface area contributed by atoms with Crippen LogP contribution in [0.5, 0.6) is 0 Å². The van der Waals surface area contributed by atoms with E-state index in [9.17, 15) is 0 Å².